The Morgan fingerprint density at radius 3 is 2.12 bits per heavy atom. The van der Waals surface area contributed by atoms with E-state index < -0.39 is 21.7 Å². The lowest BCUT2D eigenvalue weighted by Gasteiger charge is -2.13. The van der Waals surface area contributed by atoms with Gasteiger partial charge in [-0.3, -0.25) is 20.4 Å². The smallest absolute Gasteiger partial charge is 0.271 e. The van der Waals surface area contributed by atoms with Crippen molar-refractivity contribution in [2.24, 2.45) is 0 Å². The van der Waals surface area contributed by atoms with E-state index in [2.05, 4.69) is 36.8 Å². The quantitative estimate of drug-likeness (QED) is 0.576. The number of aromatic nitrogens is 1. The molecule has 168 valence electrons. The summed E-state index contributed by atoms with van der Waals surface area (Å²) in [6.45, 7) is 8.04. The molecule has 0 spiro atoms. The molecule has 3 aromatic rings. The number of benzene rings is 2. The second-order valence-electron chi connectivity index (χ2n) is 8.07. The summed E-state index contributed by atoms with van der Waals surface area (Å²) in [4.78, 5) is 25.2. The molecule has 0 saturated carbocycles. The third kappa shape index (κ3) is 4.91. The van der Waals surface area contributed by atoms with E-state index in [-0.39, 0.29) is 10.5 Å². The predicted molar refractivity (Wildman–Crippen MR) is 124 cm³/mol. The van der Waals surface area contributed by atoms with Gasteiger partial charge in [0.15, 0.2) is 9.84 Å². The Balaban J connectivity index is 1.76. The standard InChI is InChI=1S/C24H27N3O4S/c1-15(2)19-7-6-8-20(14-19)27-16(3)13-22(17(27)4)24(29)26-25-23(28)18-9-11-21(12-10-18)32(5,30)31/h6-15H,1-5H3,(H,25,28)(H,26,29). The maximum Gasteiger partial charge on any atom is 0.271 e. The van der Waals surface area contributed by atoms with Crippen LogP contribution in [-0.4, -0.2) is 31.1 Å². The van der Waals surface area contributed by atoms with Crippen molar-refractivity contribution < 1.29 is 18.0 Å². The summed E-state index contributed by atoms with van der Waals surface area (Å²) in [5.41, 5.74) is 9.32. The van der Waals surface area contributed by atoms with Crippen LogP contribution in [-0.2, 0) is 9.84 Å². The topological polar surface area (TPSA) is 97.3 Å². The molecular formula is C24H27N3O4S. The van der Waals surface area contributed by atoms with Crippen LogP contribution in [0.1, 0.15) is 57.4 Å². The van der Waals surface area contributed by atoms with Gasteiger partial charge in [0, 0.05) is 28.9 Å². The van der Waals surface area contributed by atoms with Gasteiger partial charge < -0.3 is 4.57 Å². The van der Waals surface area contributed by atoms with E-state index in [4.69, 9.17) is 0 Å². The molecule has 0 radical (unpaired) electrons. The van der Waals surface area contributed by atoms with Crippen LogP contribution in [0.4, 0.5) is 0 Å². The molecule has 7 nitrogen and oxygen atoms in total. The summed E-state index contributed by atoms with van der Waals surface area (Å²) in [6, 6.07) is 15.4. The molecule has 0 aliphatic rings. The van der Waals surface area contributed by atoms with Crippen molar-refractivity contribution in [1.29, 1.82) is 0 Å². The van der Waals surface area contributed by atoms with Crippen molar-refractivity contribution >= 4 is 21.7 Å². The van der Waals surface area contributed by atoms with Crippen LogP contribution in [0.15, 0.2) is 59.5 Å². The normalized spacial score (nSPS) is 11.4. The number of hydrogen-bond donors (Lipinski definition) is 2. The number of aryl methyl sites for hydroxylation is 1. The van der Waals surface area contributed by atoms with Crippen molar-refractivity contribution in [1.82, 2.24) is 15.4 Å². The number of amides is 2. The summed E-state index contributed by atoms with van der Waals surface area (Å²) in [5.74, 6) is -0.599. The molecule has 0 aliphatic heterocycles. The molecule has 32 heavy (non-hydrogen) atoms. The molecule has 1 heterocycles. The highest BCUT2D eigenvalue weighted by Crippen LogP contribution is 2.24. The second-order valence-corrected chi connectivity index (χ2v) is 10.1. The van der Waals surface area contributed by atoms with Gasteiger partial charge >= 0.3 is 0 Å². The molecule has 3 rings (SSSR count). The zero-order valence-corrected chi connectivity index (χ0v) is 19.6. The monoisotopic (exact) mass is 453 g/mol. The van der Waals surface area contributed by atoms with E-state index in [0.717, 1.165) is 23.3 Å². The molecule has 1 aromatic heterocycles. The van der Waals surface area contributed by atoms with E-state index >= 15 is 0 Å². The van der Waals surface area contributed by atoms with Crippen LogP contribution < -0.4 is 10.9 Å². The molecule has 8 heteroatoms. The average Bonchev–Trinajstić information content (AvgIpc) is 3.05. The van der Waals surface area contributed by atoms with Gasteiger partial charge in [0.1, 0.15) is 0 Å². The number of nitrogens with one attached hydrogen (secondary N) is 2. The molecule has 0 unspecified atom stereocenters. The van der Waals surface area contributed by atoms with Gasteiger partial charge in [-0.25, -0.2) is 8.42 Å². The van der Waals surface area contributed by atoms with E-state index in [9.17, 15) is 18.0 Å². The minimum absolute atomic E-state index is 0.118. The van der Waals surface area contributed by atoms with Crippen molar-refractivity contribution in [3.63, 3.8) is 0 Å². The molecule has 0 atom stereocenters. The van der Waals surface area contributed by atoms with Gasteiger partial charge in [-0.2, -0.15) is 0 Å². The summed E-state index contributed by atoms with van der Waals surface area (Å²) in [5, 5.41) is 0. The Labute approximate surface area is 188 Å². The van der Waals surface area contributed by atoms with Crippen LogP contribution in [0.3, 0.4) is 0 Å². The van der Waals surface area contributed by atoms with Gasteiger partial charge in [-0.1, -0.05) is 26.0 Å². The number of rotatable bonds is 5. The third-order valence-electron chi connectivity index (χ3n) is 5.31. The number of sulfone groups is 1. The molecule has 2 amide bonds. The summed E-state index contributed by atoms with van der Waals surface area (Å²) < 4.78 is 25.1. The number of carbonyl (C=O) groups excluding carboxylic acids is 2. The highest BCUT2D eigenvalue weighted by molar-refractivity contribution is 7.90. The predicted octanol–water partition coefficient (Wildman–Crippen LogP) is 3.70. The van der Waals surface area contributed by atoms with Crippen LogP contribution in [0.2, 0.25) is 0 Å². The van der Waals surface area contributed by atoms with Gasteiger partial charge in [-0.15, -0.1) is 0 Å². The van der Waals surface area contributed by atoms with Gasteiger partial charge in [-0.05, 0) is 67.8 Å². The molecule has 0 fully saturated rings. The number of carbonyl (C=O) groups is 2. The van der Waals surface area contributed by atoms with Gasteiger partial charge in [0.25, 0.3) is 11.8 Å². The van der Waals surface area contributed by atoms with E-state index in [1.807, 2.05) is 30.5 Å². The lowest BCUT2D eigenvalue weighted by molar-refractivity contribution is 0.0846. The zero-order valence-electron chi connectivity index (χ0n) is 18.8. The first-order chi connectivity index (χ1) is 15.0. The summed E-state index contributed by atoms with van der Waals surface area (Å²) in [7, 11) is -3.35. The first-order valence-electron chi connectivity index (χ1n) is 10.2. The lowest BCUT2D eigenvalue weighted by Crippen LogP contribution is -2.41. The Hall–Kier alpha value is -3.39. The van der Waals surface area contributed by atoms with Crippen LogP contribution in [0.25, 0.3) is 5.69 Å². The first-order valence-corrected chi connectivity index (χ1v) is 12.1. The Morgan fingerprint density at radius 2 is 1.53 bits per heavy atom. The van der Waals surface area contributed by atoms with E-state index in [1.54, 1.807) is 6.07 Å². The number of hydrogen-bond acceptors (Lipinski definition) is 4. The van der Waals surface area contributed by atoms with E-state index in [0.29, 0.717) is 11.5 Å². The highest BCUT2D eigenvalue weighted by atomic mass is 32.2. The molecule has 0 bridgehead atoms. The van der Waals surface area contributed by atoms with Crippen molar-refractivity contribution in [3.05, 3.63) is 82.7 Å². The van der Waals surface area contributed by atoms with Crippen LogP contribution >= 0.6 is 0 Å². The van der Waals surface area contributed by atoms with Crippen molar-refractivity contribution in [2.75, 3.05) is 6.26 Å². The molecule has 2 N–H and O–H groups in total. The fourth-order valence-electron chi connectivity index (χ4n) is 3.52. The first kappa shape index (κ1) is 23.3. The Bertz CT molecular complexity index is 1270. The number of hydrazine groups is 1. The molecule has 2 aromatic carbocycles. The average molecular weight is 454 g/mol. The fourth-order valence-corrected chi connectivity index (χ4v) is 4.15. The fraction of sp³-hybridized carbons (Fsp3) is 0.250. The highest BCUT2D eigenvalue weighted by Gasteiger charge is 2.18. The van der Waals surface area contributed by atoms with Crippen molar-refractivity contribution in [3.8, 4) is 5.69 Å². The maximum atomic E-state index is 12.7. The Morgan fingerprint density at radius 1 is 0.906 bits per heavy atom. The third-order valence-corrected chi connectivity index (χ3v) is 6.43. The molecule has 0 aliphatic carbocycles. The second kappa shape index (κ2) is 9.00. The SMILES string of the molecule is Cc1cc(C(=O)NNC(=O)c2ccc(S(C)(=O)=O)cc2)c(C)n1-c1cccc(C(C)C)c1. The molecular weight excluding hydrogens is 426 g/mol. The lowest BCUT2D eigenvalue weighted by atomic mass is 10.0. The number of nitrogens with zero attached hydrogens (tertiary/aromatic N) is 1. The van der Waals surface area contributed by atoms with Gasteiger partial charge in [0.2, 0.25) is 0 Å². The Kier molecular flexibility index (Phi) is 6.55. The minimum atomic E-state index is -3.35. The van der Waals surface area contributed by atoms with Crippen molar-refractivity contribution in [2.45, 2.75) is 38.5 Å². The summed E-state index contributed by atoms with van der Waals surface area (Å²) in [6.07, 6.45) is 1.10. The molecule has 0 saturated heterocycles. The van der Waals surface area contributed by atoms with Crippen LogP contribution in [0.5, 0.6) is 0 Å². The minimum Gasteiger partial charge on any atom is -0.318 e. The van der Waals surface area contributed by atoms with Crippen LogP contribution in [0, 0.1) is 13.8 Å². The maximum absolute atomic E-state index is 12.7. The van der Waals surface area contributed by atoms with E-state index in [1.165, 1.54) is 29.8 Å². The summed E-state index contributed by atoms with van der Waals surface area (Å²) >= 11 is 0. The zero-order chi connectivity index (χ0) is 23.6. The van der Waals surface area contributed by atoms with Gasteiger partial charge in [0.05, 0.1) is 10.5 Å². The largest absolute Gasteiger partial charge is 0.318 e.